The highest BCUT2D eigenvalue weighted by Gasteiger charge is 2.33. The van der Waals surface area contributed by atoms with Crippen LogP contribution in [0, 0.1) is 5.82 Å². The van der Waals surface area contributed by atoms with Crippen LogP contribution in [0.3, 0.4) is 0 Å². The summed E-state index contributed by atoms with van der Waals surface area (Å²) in [5.41, 5.74) is 0.718. The molecule has 34 heavy (non-hydrogen) atoms. The molecule has 2 rings (SSSR count). The van der Waals surface area contributed by atoms with Crippen LogP contribution in [0.4, 0.5) is 10.1 Å². The molecule has 0 fully saturated rings. The van der Waals surface area contributed by atoms with Crippen LogP contribution in [0.2, 0.25) is 0 Å². The van der Waals surface area contributed by atoms with E-state index in [9.17, 15) is 22.4 Å². The molecule has 2 aromatic carbocycles. The van der Waals surface area contributed by atoms with Gasteiger partial charge in [-0.2, -0.15) is 12.7 Å². The van der Waals surface area contributed by atoms with Crippen LogP contribution < -0.4 is 9.62 Å². The quantitative estimate of drug-likeness (QED) is 0.522. The van der Waals surface area contributed by atoms with E-state index >= 15 is 0 Å². The predicted molar refractivity (Wildman–Crippen MR) is 131 cm³/mol. The fourth-order valence-corrected chi connectivity index (χ4v) is 4.40. The number of nitrogens with zero attached hydrogens (tertiary/aromatic N) is 3. The van der Waals surface area contributed by atoms with Crippen molar-refractivity contribution in [3.05, 3.63) is 66.0 Å². The Bertz CT molecular complexity index is 1080. The highest BCUT2D eigenvalue weighted by atomic mass is 32.2. The van der Waals surface area contributed by atoms with Crippen LogP contribution in [0.15, 0.2) is 54.6 Å². The van der Waals surface area contributed by atoms with E-state index in [2.05, 4.69) is 5.32 Å². The van der Waals surface area contributed by atoms with Gasteiger partial charge in [-0.3, -0.25) is 9.59 Å². The second-order valence-electron chi connectivity index (χ2n) is 8.41. The minimum Gasteiger partial charge on any atom is -0.352 e. The van der Waals surface area contributed by atoms with Crippen LogP contribution in [-0.4, -0.2) is 68.7 Å². The molecule has 0 heterocycles. The first-order valence-electron chi connectivity index (χ1n) is 11.0. The van der Waals surface area contributed by atoms with Crippen molar-refractivity contribution in [1.82, 2.24) is 14.5 Å². The Balaban J connectivity index is 2.39. The number of nitrogens with one attached hydrogen (secondary N) is 1. The second-order valence-corrected chi connectivity index (χ2v) is 10.5. The zero-order chi connectivity index (χ0) is 25.5. The van der Waals surface area contributed by atoms with E-state index < -0.39 is 34.5 Å². The average molecular weight is 493 g/mol. The Morgan fingerprint density at radius 2 is 1.56 bits per heavy atom. The Kier molecular flexibility index (Phi) is 9.57. The Labute approximate surface area is 201 Å². The van der Waals surface area contributed by atoms with Gasteiger partial charge < -0.3 is 10.2 Å². The number of anilines is 1. The zero-order valence-corrected chi connectivity index (χ0v) is 21.0. The lowest BCUT2D eigenvalue weighted by Crippen LogP contribution is -2.54. The van der Waals surface area contributed by atoms with Gasteiger partial charge in [0, 0.05) is 26.7 Å². The molecule has 0 aliphatic rings. The maximum atomic E-state index is 14.6. The molecule has 0 aliphatic heterocycles. The van der Waals surface area contributed by atoms with E-state index in [1.807, 2.05) is 44.2 Å². The molecule has 1 N–H and O–H groups in total. The molecule has 10 heteroatoms. The third kappa shape index (κ3) is 7.01. The zero-order valence-electron chi connectivity index (χ0n) is 20.2. The first-order valence-corrected chi connectivity index (χ1v) is 12.4. The molecule has 1 atom stereocenters. The molecule has 0 saturated heterocycles. The van der Waals surface area contributed by atoms with E-state index in [4.69, 9.17) is 0 Å². The maximum Gasteiger partial charge on any atom is 0.304 e. The van der Waals surface area contributed by atoms with Crippen LogP contribution in [-0.2, 0) is 26.2 Å². The van der Waals surface area contributed by atoms with E-state index in [1.54, 1.807) is 6.92 Å². The number of amides is 2. The maximum absolute atomic E-state index is 14.6. The number of carbonyl (C=O) groups is 2. The standard InChI is InChI=1S/C24H33FN4O4S/c1-18(2)26-24(31)19(3)28(16-15-20-11-7-6-8-12-20)23(30)17-29(34(32,33)27(4)5)22-14-10-9-13-21(22)25/h6-14,18-19H,15-17H2,1-5H3,(H,26,31). The molecule has 0 radical (unpaired) electrons. The van der Waals surface area contributed by atoms with Crippen LogP contribution in [0.25, 0.3) is 0 Å². The molecule has 2 amide bonds. The largest absolute Gasteiger partial charge is 0.352 e. The third-order valence-electron chi connectivity index (χ3n) is 5.22. The minimum absolute atomic E-state index is 0.134. The Morgan fingerprint density at radius 3 is 2.12 bits per heavy atom. The molecule has 0 spiro atoms. The van der Waals surface area contributed by atoms with Crippen LogP contribution in [0.5, 0.6) is 0 Å². The Morgan fingerprint density at radius 1 is 0.971 bits per heavy atom. The van der Waals surface area contributed by atoms with Gasteiger partial charge in [-0.1, -0.05) is 42.5 Å². The summed E-state index contributed by atoms with van der Waals surface area (Å²) >= 11 is 0. The van der Waals surface area contributed by atoms with Crippen molar-refractivity contribution in [1.29, 1.82) is 0 Å². The van der Waals surface area contributed by atoms with Crippen molar-refractivity contribution < 1.29 is 22.4 Å². The van der Waals surface area contributed by atoms with Gasteiger partial charge in [-0.15, -0.1) is 0 Å². The molecule has 186 valence electrons. The van der Waals surface area contributed by atoms with Gasteiger partial charge in [-0.05, 0) is 44.9 Å². The number of benzene rings is 2. The first-order chi connectivity index (χ1) is 15.9. The second kappa shape index (κ2) is 11.9. The fraction of sp³-hybridized carbons (Fsp3) is 0.417. The summed E-state index contributed by atoms with van der Waals surface area (Å²) in [6.07, 6.45) is 0.464. The van der Waals surface area contributed by atoms with Crippen LogP contribution in [0.1, 0.15) is 26.3 Å². The lowest BCUT2D eigenvalue weighted by atomic mass is 10.1. The van der Waals surface area contributed by atoms with Gasteiger partial charge in [0.15, 0.2) is 0 Å². The topological polar surface area (TPSA) is 90.0 Å². The van der Waals surface area contributed by atoms with Gasteiger partial charge in [-0.25, -0.2) is 8.70 Å². The van der Waals surface area contributed by atoms with Gasteiger partial charge in [0.25, 0.3) is 0 Å². The summed E-state index contributed by atoms with van der Waals surface area (Å²) in [7, 11) is -1.59. The minimum atomic E-state index is -4.20. The average Bonchev–Trinajstić information content (AvgIpc) is 2.78. The van der Waals surface area contributed by atoms with Gasteiger partial charge in [0.2, 0.25) is 11.8 Å². The van der Waals surface area contributed by atoms with Crippen molar-refractivity contribution in [2.75, 3.05) is 31.5 Å². The number of hydrogen-bond acceptors (Lipinski definition) is 4. The van der Waals surface area contributed by atoms with Crippen molar-refractivity contribution in [2.24, 2.45) is 0 Å². The first kappa shape index (κ1) is 27.3. The molecule has 0 saturated carbocycles. The molecular weight excluding hydrogens is 459 g/mol. The highest BCUT2D eigenvalue weighted by Crippen LogP contribution is 2.23. The molecule has 0 bridgehead atoms. The SMILES string of the molecule is CC(C)NC(=O)C(C)N(CCc1ccccc1)C(=O)CN(c1ccccc1F)S(=O)(=O)N(C)C. The predicted octanol–water partition coefficient (Wildman–Crippen LogP) is 2.42. The van der Waals surface area contributed by atoms with Crippen molar-refractivity contribution in [3.8, 4) is 0 Å². The summed E-state index contributed by atoms with van der Waals surface area (Å²) in [6, 6.07) is 13.8. The molecule has 1 unspecified atom stereocenters. The van der Waals surface area contributed by atoms with E-state index in [-0.39, 0.29) is 24.2 Å². The molecule has 0 aromatic heterocycles. The van der Waals surface area contributed by atoms with E-state index in [1.165, 1.54) is 37.2 Å². The summed E-state index contributed by atoms with van der Waals surface area (Å²) in [5.74, 6) is -1.75. The van der Waals surface area contributed by atoms with Crippen molar-refractivity contribution in [3.63, 3.8) is 0 Å². The summed E-state index contributed by atoms with van der Waals surface area (Å²) in [5, 5.41) is 2.79. The number of carbonyl (C=O) groups excluding carboxylic acids is 2. The lowest BCUT2D eigenvalue weighted by Gasteiger charge is -2.33. The van der Waals surface area contributed by atoms with Crippen molar-refractivity contribution >= 4 is 27.7 Å². The number of rotatable bonds is 11. The molecule has 0 aliphatic carbocycles. The highest BCUT2D eigenvalue weighted by molar-refractivity contribution is 7.90. The van der Waals surface area contributed by atoms with E-state index in [0.717, 1.165) is 20.2 Å². The monoisotopic (exact) mass is 492 g/mol. The number of hydrogen-bond donors (Lipinski definition) is 1. The number of halogens is 1. The van der Waals surface area contributed by atoms with E-state index in [0.29, 0.717) is 6.42 Å². The molecular formula is C24H33FN4O4S. The summed E-state index contributed by atoms with van der Waals surface area (Å²) < 4.78 is 42.2. The van der Waals surface area contributed by atoms with Crippen molar-refractivity contribution in [2.45, 2.75) is 39.3 Å². The number of para-hydroxylation sites is 1. The Hall–Kier alpha value is -2.98. The smallest absolute Gasteiger partial charge is 0.304 e. The van der Waals surface area contributed by atoms with Gasteiger partial charge in [0.05, 0.1) is 5.69 Å². The lowest BCUT2D eigenvalue weighted by molar-refractivity contribution is -0.139. The fourth-order valence-electron chi connectivity index (χ4n) is 3.33. The summed E-state index contributed by atoms with van der Waals surface area (Å²) in [4.78, 5) is 27.5. The normalized spacial score (nSPS) is 12.5. The van der Waals surface area contributed by atoms with Gasteiger partial charge >= 0.3 is 10.2 Å². The van der Waals surface area contributed by atoms with Crippen LogP contribution >= 0.6 is 0 Å². The molecule has 8 nitrogen and oxygen atoms in total. The summed E-state index contributed by atoms with van der Waals surface area (Å²) in [6.45, 7) is 4.74. The third-order valence-corrected chi connectivity index (χ3v) is 7.03. The molecule has 2 aromatic rings. The van der Waals surface area contributed by atoms with Gasteiger partial charge in [0.1, 0.15) is 18.4 Å².